The second-order valence-electron chi connectivity index (χ2n) is 3.92. The van der Waals surface area contributed by atoms with Crippen molar-refractivity contribution in [2.24, 2.45) is 5.16 Å². The van der Waals surface area contributed by atoms with Gasteiger partial charge in [-0.2, -0.15) is 0 Å². The first kappa shape index (κ1) is 16.0. The van der Waals surface area contributed by atoms with Crippen LogP contribution in [0.2, 0.25) is 5.02 Å². The molecule has 1 aromatic carbocycles. The lowest BCUT2D eigenvalue weighted by atomic mass is 10.3. The summed E-state index contributed by atoms with van der Waals surface area (Å²) in [4.78, 5) is 17.0. The molecule has 0 bridgehead atoms. The fourth-order valence-electron chi connectivity index (χ4n) is 1.37. The molecule has 114 valence electrons. The second-order valence-corrected chi connectivity index (χ2v) is 5.30. The molecule has 0 radical (unpaired) electrons. The van der Waals surface area contributed by atoms with Crippen LogP contribution in [-0.2, 0) is 9.57 Å². The Hall–Kier alpha value is -2.38. The van der Waals surface area contributed by atoms with Crippen molar-refractivity contribution in [3.8, 4) is 0 Å². The fourth-order valence-corrected chi connectivity index (χ4v) is 2.10. The molecular formula is C14H12ClN3O3S. The number of carbonyl (C=O) groups excluding carboxylic acids is 1. The highest BCUT2D eigenvalue weighted by Gasteiger charge is 2.03. The Morgan fingerprint density at radius 2 is 2.14 bits per heavy atom. The third-order valence-electron chi connectivity index (χ3n) is 2.34. The SMILES string of the molecule is N=C(O/N=C/COC(=O)Nc1ccc(Cl)cc1)c1cccs1. The predicted molar refractivity (Wildman–Crippen MR) is 87.1 cm³/mol. The van der Waals surface area contributed by atoms with Crippen molar-refractivity contribution in [1.82, 2.24) is 0 Å². The minimum atomic E-state index is -0.623. The summed E-state index contributed by atoms with van der Waals surface area (Å²) in [7, 11) is 0. The van der Waals surface area contributed by atoms with E-state index in [1.807, 2.05) is 11.4 Å². The molecule has 0 fully saturated rings. The number of amides is 1. The molecule has 2 aromatic rings. The minimum absolute atomic E-state index is 0.0585. The molecule has 0 saturated heterocycles. The van der Waals surface area contributed by atoms with E-state index in [2.05, 4.69) is 10.5 Å². The molecule has 0 aliphatic carbocycles. The van der Waals surface area contributed by atoms with Crippen LogP contribution in [0.1, 0.15) is 4.88 Å². The van der Waals surface area contributed by atoms with E-state index in [1.165, 1.54) is 17.6 Å². The Morgan fingerprint density at radius 3 is 2.82 bits per heavy atom. The van der Waals surface area contributed by atoms with Crippen LogP contribution in [0.4, 0.5) is 10.5 Å². The Kier molecular flexibility index (Phi) is 5.93. The van der Waals surface area contributed by atoms with Gasteiger partial charge >= 0.3 is 6.09 Å². The molecule has 8 heteroatoms. The minimum Gasteiger partial charge on any atom is -0.443 e. The molecule has 0 unspecified atom stereocenters. The van der Waals surface area contributed by atoms with E-state index in [0.29, 0.717) is 15.6 Å². The van der Waals surface area contributed by atoms with Crippen molar-refractivity contribution in [1.29, 1.82) is 5.41 Å². The summed E-state index contributed by atoms with van der Waals surface area (Å²) in [5.74, 6) is -0.0585. The predicted octanol–water partition coefficient (Wildman–Crippen LogP) is 3.98. The molecule has 0 saturated carbocycles. The highest BCUT2D eigenvalue weighted by atomic mass is 35.5. The average Bonchev–Trinajstić information content (AvgIpc) is 3.03. The number of nitrogens with one attached hydrogen (secondary N) is 2. The zero-order valence-electron chi connectivity index (χ0n) is 11.3. The van der Waals surface area contributed by atoms with Crippen LogP contribution in [0.3, 0.4) is 0 Å². The zero-order chi connectivity index (χ0) is 15.8. The lowest BCUT2D eigenvalue weighted by molar-refractivity contribution is 0.177. The van der Waals surface area contributed by atoms with Gasteiger partial charge in [0.2, 0.25) is 0 Å². The molecule has 1 amide bonds. The van der Waals surface area contributed by atoms with E-state index in [9.17, 15) is 4.79 Å². The molecular weight excluding hydrogens is 326 g/mol. The van der Waals surface area contributed by atoms with E-state index in [4.69, 9.17) is 26.6 Å². The highest BCUT2D eigenvalue weighted by molar-refractivity contribution is 7.12. The summed E-state index contributed by atoms with van der Waals surface area (Å²) in [6, 6.07) is 10.2. The number of benzene rings is 1. The van der Waals surface area contributed by atoms with Crippen LogP contribution in [0.25, 0.3) is 0 Å². The van der Waals surface area contributed by atoms with Gasteiger partial charge in [0.1, 0.15) is 6.61 Å². The number of anilines is 1. The topological polar surface area (TPSA) is 83.8 Å². The molecule has 0 aliphatic rings. The van der Waals surface area contributed by atoms with Crippen molar-refractivity contribution in [3.05, 3.63) is 51.7 Å². The quantitative estimate of drug-likeness (QED) is 0.491. The normalized spacial score (nSPS) is 10.4. The van der Waals surface area contributed by atoms with Gasteiger partial charge < -0.3 is 9.57 Å². The zero-order valence-corrected chi connectivity index (χ0v) is 12.9. The van der Waals surface area contributed by atoms with Gasteiger partial charge in [-0.05, 0) is 35.7 Å². The lowest BCUT2D eigenvalue weighted by Gasteiger charge is -2.04. The number of hydrogen-bond donors (Lipinski definition) is 2. The number of thiophene rings is 1. The summed E-state index contributed by atoms with van der Waals surface area (Å²) in [6.07, 6.45) is 0.631. The lowest BCUT2D eigenvalue weighted by Crippen LogP contribution is -2.14. The van der Waals surface area contributed by atoms with E-state index < -0.39 is 6.09 Å². The molecule has 0 aliphatic heterocycles. The van der Waals surface area contributed by atoms with Crippen LogP contribution in [0.5, 0.6) is 0 Å². The number of rotatable bonds is 5. The molecule has 1 aromatic heterocycles. The van der Waals surface area contributed by atoms with Crippen molar-refractivity contribution >= 4 is 46.8 Å². The van der Waals surface area contributed by atoms with E-state index in [-0.39, 0.29) is 12.5 Å². The summed E-state index contributed by atoms with van der Waals surface area (Å²) in [6.45, 7) is -0.0723. The van der Waals surface area contributed by atoms with Gasteiger partial charge in [0.15, 0.2) is 0 Å². The van der Waals surface area contributed by atoms with Crippen LogP contribution in [-0.4, -0.2) is 24.8 Å². The Bertz CT molecular complexity index is 656. The van der Waals surface area contributed by atoms with Gasteiger partial charge in [-0.25, -0.2) is 4.79 Å². The fraction of sp³-hybridized carbons (Fsp3) is 0.0714. The van der Waals surface area contributed by atoms with Crippen LogP contribution < -0.4 is 5.32 Å². The largest absolute Gasteiger partial charge is 0.443 e. The van der Waals surface area contributed by atoms with Crippen molar-refractivity contribution < 1.29 is 14.4 Å². The summed E-state index contributed by atoms with van der Waals surface area (Å²) in [5.41, 5.74) is 0.571. The van der Waals surface area contributed by atoms with Crippen molar-refractivity contribution in [2.75, 3.05) is 11.9 Å². The number of ether oxygens (including phenoxy) is 1. The standard InChI is InChI=1S/C14H12ClN3O3S/c15-10-3-5-11(6-4-10)18-14(19)20-8-7-17-21-13(16)12-2-1-9-22-12/h1-7,9,16H,8H2,(H,18,19)/b16-13?,17-7+. The van der Waals surface area contributed by atoms with Gasteiger partial charge in [0.05, 0.1) is 11.1 Å². The maximum Gasteiger partial charge on any atom is 0.411 e. The Labute approximate surface area is 135 Å². The van der Waals surface area contributed by atoms with Gasteiger partial charge in [-0.1, -0.05) is 22.8 Å². The van der Waals surface area contributed by atoms with E-state index in [1.54, 1.807) is 30.3 Å². The van der Waals surface area contributed by atoms with Crippen LogP contribution >= 0.6 is 22.9 Å². The molecule has 0 atom stereocenters. The molecule has 0 spiro atoms. The van der Waals surface area contributed by atoms with Gasteiger partial charge in [-0.3, -0.25) is 10.7 Å². The second kappa shape index (κ2) is 8.16. The smallest absolute Gasteiger partial charge is 0.411 e. The molecule has 6 nitrogen and oxygen atoms in total. The third kappa shape index (κ3) is 5.19. The molecule has 2 rings (SSSR count). The summed E-state index contributed by atoms with van der Waals surface area (Å²) in [5, 5.41) is 16.1. The highest BCUT2D eigenvalue weighted by Crippen LogP contribution is 2.13. The summed E-state index contributed by atoms with van der Waals surface area (Å²) >= 11 is 7.11. The molecule has 22 heavy (non-hydrogen) atoms. The summed E-state index contributed by atoms with van der Waals surface area (Å²) < 4.78 is 4.87. The van der Waals surface area contributed by atoms with Gasteiger partial charge in [0, 0.05) is 10.7 Å². The monoisotopic (exact) mass is 337 g/mol. The first-order valence-corrected chi connectivity index (χ1v) is 7.41. The number of hydrogen-bond acceptors (Lipinski definition) is 6. The first-order chi connectivity index (χ1) is 10.6. The Balaban J connectivity index is 1.67. The molecule has 2 N–H and O–H groups in total. The van der Waals surface area contributed by atoms with Gasteiger partial charge in [-0.15, -0.1) is 11.3 Å². The first-order valence-electron chi connectivity index (χ1n) is 6.16. The maximum absolute atomic E-state index is 11.5. The van der Waals surface area contributed by atoms with Crippen molar-refractivity contribution in [3.63, 3.8) is 0 Å². The third-order valence-corrected chi connectivity index (χ3v) is 3.46. The van der Waals surface area contributed by atoms with E-state index in [0.717, 1.165) is 0 Å². The molecule has 1 heterocycles. The number of halogens is 1. The number of oxime groups is 1. The van der Waals surface area contributed by atoms with Crippen LogP contribution in [0, 0.1) is 5.41 Å². The number of carbonyl (C=O) groups is 1. The maximum atomic E-state index is 11.5. The number of nitrogens with zero attached hydrogens (tertiary/aromatic N) is 1. The Morgan fingerprint density at radius 1 is 1.36 bits per heavy atom. The average molecular weight is 338 g/mol. The van der Waals surface area contributed by atoms with Crippen LogP contribution in [0.15, 0.2) is 46.9 Å². The van der Waals surface area contributed by atoms with Crippen molar-refractivity contribution in [2.45, 2.75) is 0 Å². The van der Waals surface area contributed by atoms with E-state index >= 15 is 0 Å². The van der Waals surface area contributed by atoms with Gasteiger partial charge in [0.25, 0.3) is 5.90 Å².